The molecule has 116 valence electrons. The first kappa shape index (κ1) is 13.9. The number of fused-ring (bicyclic) bond motifs is 1. The number of hydrogen-bond donors (Lipinski definition) is 0. The molecule has 5 nitrogen and oxygen atoms in total. The Morgan fingerprint density at radius 1 is 1.17 bits per heavy atom. The van der Waals surface area contributed by atoms with E-state index < -0.39 is 0 Å². The average molecular weight is 306 g/mol. The van der Waals surface area contributed by atoms with Gasteiger partial charge in [-0.1, -0.05) is 0 Å². The van der Waals surface area contributed by atoms with Gasteiger partial charge in [0.05, 0.1) is 18.5 Å². The Morgan fingerprint density at radius 2 is 2.09 bits per heavy atom. The molecule has 0 saturated carbocycles. The number of hydrogen-bond acceptors (Lipinski definition) is 4. The van der Waals surface area contributed by atoms with Gasteiger partial charge in [0.15, 0.2) is 0 Å². The van der Waals surface area contributed by atoms with Crippen LogP contribution in [0.2, 0.25) is 0 Å². The summed E-state index contributed by atoms with van der Waals surface area (Å²) < 4.78 is 7.24. The van der Waals surface area contributed by atoms with E-state index >= 15 is 0 Å². The fraction of sp³-hybridized carbons (Fsp3) is 0.278. The van der Waals surface area contributed by atoms with Crippen LogP contribution in [0.25, 0.3) is 16.9 Å². The van der Waals surface area contributed by atoms with E-state index in [0.29, 0.717) is 0 Å². The molecule has 1 aromatic carbocycles. The van der Waals surface area contributed by atoms with Crippen molar-refractivity contribution in [3.63, 3.8) is 0 Å². The van der Waals surface area contributed by atoms with Gasteiger partial charge in [0.1, 0.15) is 11.6 Å². The van der Waals surface area contributed by atoms with Crippen LogP contribution in [0.3, 0.4) is 0 Å². The van der Waals surface area contributed by atoms with Gasteiger partial charge >= 0.3 is 0 Å². The molecule has 0 unspecified atom stereocenters. The van der Waals surface area contributed by atoms with Crippen molar-refractivity contribution < 1.29 is 4.74 Å². The van der Waals surface area contributed by atoms with Crippen LogP contribution in [0.4, 0.5) is 0 Å². The van der Waals surface area contributed by atoms with E-state index in [-0.39, 0.29) is 0 Å². The fourth-order valence-electron chi connectivity index (χ4n) is 3.22. The second-order valence-corrected chi connectivity index (χ2v) is 5.73. The van der Waals surface area contributed by atoms with Gasteiger partial charge in [-0.3, -0.25) is 0 Å². The van der Waals surface area contributed by atoms with E-state index in [1.807, 2.05) is 36.0 Å². The van der Waals surface area contributed by atoms with Crippen LogP contribution in [0, 0.1) is 6.92 Å². The number of methoxy groups -OCH3 is 1. The Kier molecular flexibility index (Phi) is 3.33. The minimum Gasteiger partial charge on any atom is -0.497 e. The zero-order chi connectivity index (χ0) is 15.8. The molecule has 23 heavy (non-hydrogen) atoms. The van der Waals surface area contributed by atoms with E-state index in [2.05, 4.69) is 16.1 Å². The quantitative estimate of drug-likeness (QED) is 0.746. The summed E-state index contributed by atoms with van der Waals surface area (Å²) in [5.74, 6) is 1.63. The Balaban J connectivity index is 1.97. The van der Waals surface area contributed by atoms with E-state index in [9.17, 15) is 0 Å². The Bertz CT molecular complexity index is 856. The van der Waals surface area contributed by atoms with Gasteiger partial charge in [-0.05, 0) is 44.4 Å². The third kappa shape index (κ3) is 2.38. The smallest absolute Gasteiger partial charge is 0.126 e. The van der Waals surface area contributed by atoms with Crippen LogP contribution in [-0.2, 0) is 12.8 Å². The minimum atomic E-state index is 0.807. The molecule has 3 aromatic rings. The number of benzene rings is 1. The van der Waals surface area contributed by atoms with Crippen molar-refractivity contribution in [1.29, 1.82) is 0 Å². The van der Waals surface area contributed by atoms with E-state index in [0.717, 1.165) is 47.8 Å². The summed E-state index contributed by atoms with van der Waals surface area (Å²) in [7, 11) is 1.68. The summed E-state index contributed by atoms with van der Waals surface area (Å²) in [6.45, 7) is 1.96. The molecule has 0 aliphatic heterocycles. The van der Waals surface area contributed by atoms with E-state index in [1.54, 1.807) is 13.3 Å². The molecule has 0 N–H and O–H groups in total. The highest BCUT2D eigenvalue weighted by atomic mass is 16.5. The Morgan fingerprint density at radius 3 is 2.87 bits per heavy atom. The number of rotatable bonds is 3. The summed E-state index contributed by atoms with van der Waals surface area (Å²) in [5.41, 5.74) is 5.53. The summed E-state index contributed by atoms with van der Waals surface area (Å²) in [4.78, 5) is 9.36. The first-order chi connectivity index (χ1) is 11.3. The molecule has 0 saturated heterocycles. The van der Waals surface area contributed by atoms with E-state index in [1.165, 1.54) is 11.3 Å². The molecule has 0 fully saturated rings. The number of aromatic nitrogens is 4. The monoisotopic (exact) mass is 306 g/mol. The molecule has 0 radical (unpaired) electrons. The van der Waals surface area contributed by atoms with Crippen LogP contribution in [0.1, 0.15) is 23.5 Å². The molecule has 4 rings (SSSR count). The van der Waals surface area contributed by atoms with Gasteiger partial charge in [0.25, 0.3) is 0 Å². The third-order valence-corrected chi connectivity index (χ3v) is 4.26. The lowest BCUT2D eigenvalue weighted by Gasteiger charge is -2.14. The molecular weight excluding hydrogens is 288 g/mol. The van der Waals surface area contributed by atoms with Crippen molar-refractivity contribution in [2.75, 3.05) is 7.11 Å². The van der Waals surface area contributed by atoms with Gasteiger partial charge in [0.2, 0.25) is 0 Å². The summed E-state index contributed by atoms with van der Waals surface area (Å²) in [6.07, 6.45) is 6.94. The predicted octanol–water partition coefficient (Wildman–Crippen LogP) is 3.14. The maximum Gasteiger partial charge on any atom is 0.126 e. The van der Waals surface area contributed by atoms with Crippen molar-refractivity contribution >= 4 is 0 Å². The highest BCUT2D eigenvalue weighted by Crippen LogP contribution is 2.35. The third-order valence-electron chi connectivity index (χ3n) is 4.26. The second kappa shape index (κ2) is 5.50. The van der Waals surface area contributed by atoms with Crippen LogP contribution in [-0.4, -0.2) is 26.9 Å². The SMILES string of the molecule is COc1ccc(-c2nc(C)nc3c2CCC3)c(-n2cccn2)c1. The number of nitrogens with zero attached hydrogens (tertiary/aromatic N) is 4. The summed E-state index contributed by atoms with van der Waals surface area (Å²) in [6, 6.07) is 7.96. The molecule has 0 amide bonds. The molecule has 1 aliphatic carbocycles. The minimum absolute atomic E-state index is 0.807. The molecule has 2 heterocycles. The lowest BCUT2D eigenvalue weighted by atomic mass is 10.0. The number of ether oxygens (including phenoxy) is 1. The van der Waals surface area contributed by atoms with Crippen molar-refractivity contribution in [1.82, 2.24) is 19.7 Å². The van der Waals surface area contributed by atoms with Gasteiger partial charge < -0.3 is 4.74 Å². The number of aryl methyl sites for hydroxylation is 2. The predicted molar refractivity (Wildman–Crippen MR) is 87.9 cm³/mol. The van der Waals surface area contributed by atoms with Crippen molar-refractivity contribution in [2.24, 2.45) is 0 Å². The topological polar surface area (TPSA) is 52.8 Å². The van der Waals surface area contributed by atoms with Gasteiger partial charge in [-0.2, -0.15) is 5.10 Å². The van der Waals surface area contributed by atoms with Crippen molar-refractivity contribution in [3.8, 4) is 22.7 Å². The van der Waals surface area contributed by atoms with E-state index in [4.69, 9.17) is 9.72 Å². The lowest BCUT2D eigenvalue weighted by Crippen LogP contribution is -2.04. The molecule has 0 atom stereocenters. The van der Waals surface area contributed by atoms with Crippen LogP contribution in [0.15, 0.2) is 36.7 Å². The second-order valence-electron chi connectivity index (χ2n) is 5.73. The fourth-order valence-corrected chi connectivity index (χ4v) is 3.22. The molecular formula is C18H18N4O. The molecule has 5 heteroatoms. The molecule has 0 bridgehead atoms. The molecule has 0 spiro atoms. The van der Waals surface area contributed by atoms with Crippen LogP contribution in [0.5, 0.6) is 5.75 Å². The largest absolute Gasteiger partial charge is 0.497 e. The van der Waals surface area contributed by atoms with Crippen LogP contribution < -0.4 is 4.74 Å². The standard InChI is InChI=1S/C18H18N4O/c1-12-20-16-6-3-5-14(16)18(21-12)15-8-7-13(23-2)11-17(15)22-10-4-9-19-22/h4,7-11H,3,5-6H2,1-2H3. The molecule has 2 aromatic heterocycles. The first-order valence-corrected chi connectivity index (χ1v) is 7.81. The summed E-state index contributed by atoms with van der Waals surface area (Å²) in [5, 5.41) is 4.38. The highest BCUT2D eigenvalue weighted by molar-refractivity contribution is 5.74. The maximum absolute atomic E-state index is 5.39. The van der Waals surface area contributed by atoms with Crippen molar-refractivity contribution in [3.05, 3.63) is 53.7 Å². The lowest BCUT2D eigenvalue weighted by molar-refractivity contribution is 0.414. The maximum atomic E-state index is 5.39. The zero-order valence-electron chi connectivity index (χ0n) is 13.3. The average Bonchev–Trinajstić information content (AvgIpc) is 3.24. The Hall–Kier alpha value is -2.69. The Labute approximate surface area is 135 Å². The first-order valence-electron chi connectivity index (χ1n) is 7.81. The van der Waals surface area contributed by atoms with Crippen LogP contribution >= 0.6 is 0 Å². The van der Waals surface area contributed by atoms with Gasteiger partial charge in [-0.25, -0.2) is 14.6 Å². The normalized spacial score (nSPS) is 13.1. The zero-order valence-corrected chi connectivity index (χ0v) is 13.3. The highest BCUT2D eigenvalue weighted by Gasteiger charge is 2.21. The van der Waals surface area contributed by atoms with Crippen molar-refractivity contribution in [2.45, 2.75) is 26.2 Å². The van der Waals surface area contributed by atoms with Gasteiger partial charge in [-0.15, -0.1) is 0 Å². The van der Waals surface area contributed by atoms with Gasteiger partial charge in [0, 0.05) is 35.3 Å². The molecule has 1 aliphatic rings. The summed E-state index contributed by atoms with van der Waals surface area (Å²) >= 11 is 0.